The van der Waals surface area contributed by atoms with E-state index in [0.717, 1.165) is 9.13 Å². The van der Waals surface area contributed by atoms with Crippen LogP contribution in [0.15, 0.2) is 144 Å². The fourth-order valence-electron chi connectivity index (χ4n) is 6.12. The highest BCUT2D eigenvalue weighted by Gasteiger charge is 2.29. The maximum absolute atomic E-state index is 12.2. The van der Waals surface area contributed by atoms with Crippen LogP contribution in [0.5, 0.6) is 0 Å². The highest BCUT2D eigenvalue weighted by atomic mass is 127. The number of aliphatic hydroxyl groups excluding tert-OH is 2. The van der Waals surface area contributed by atoms with E-state index >= 15 is 0 Å². The third kappa shape index (κ3) is 8.11. The van der Waals surface area contributed by atoms with Crippen LogP contribution in [-0.4, -0.2) is 26.1 Å². The summed E-state index contributed by atoms with van der Waals surface area (Å²) < 4.78 is 8.65. The Morgan fingerprint density at radius 1 is 0.891 bits per heavy atom. The molecular weight excluding hydrogens is 868 g/mol. The average molecular weight is 896 g/mol. The van der Waals surface area contributed by atoms with E-state index in [9.17, 15) is 15.5 Å². The first kappa shape index (κ1) is 38.1. The minimum absolute atomic E-state index is 0.00274. The van der Waals surface area contributed by atoms with Crippen molar-refractivity contribution in [2.45, 2.75) is 12.2 Å². The summed E-state index contributed by atoms with van der Waals surface area (Å²) in [5.41, 5.74) is 5.73. The second kappa shape index (κ2) is 16.7. The van der Waals surface area contributed by atoms with E-state index in [1.54, 1.807) is 108 Å². The van der Waals surface area contributed by atoms with Crippen LogP contribution >= 0.6 is 57.4 Å². The molecule has 7 rings (SSSR count). The zero-order chi connectivity index (χ0) is 38.6. The molecule has 0 saturated carbocycles. The number of benzene rings is 4. The molecule has 3 aromatic heterocycles. The molecule has 270 valence electrons. The summed E-state index contributed by atoms with van der Waals surface area (Å²) in [7, 11) is 0. The zero-order valence-electron chi connectivity index (χ0n) is 28.5. The summed E-state index contributed by atoms with van der Waals surface area (Å²) in [6, 6.07) is 33.9. The molecular formula is C43H28Cl3IN5O3+. The van der Waals surface area contributed by atoms with Gasteiger partial charge in [0.2, 0.25) is 5.69 Å². The van der Waals surface area contributed by atoms with Gasteiger partial charge in [0, 0.05) is 66.5 Å². The molecule has 0 amide bonds. The lowest BCUT2D eigenvalue weighted by atomic mass is 9.92. The molecule has 0 fully saturated rings. The number of hydrogen-bond acceptors (Lipinski definition) is 7. The van der Waals surface area contributed by atoms with Crippen LogP contribution in [0.1, 0.15) is 45.6 Å². The first-order chi connectivity index (χ1) is 26.6. The first-order valence-corrected chi connectivity index (χ1v) is 18.9. The molecule has 3 N–H and O–H groups in total. The van der Waals surface area contributed by atoms with Gasteiger partial charge in [0.25, 0.3) is 0 Å². The van der Waals surface area contributed by atoms with Crippen molar-refractivity contribution in [2.24, 2.45) is 0 Å². The smallest absolute Gasteiger partial charge is 0.229 e. The number of hydrogen-bond donors (Lipinski definition) is 3. The van der Waals surface area contributed by atoms with Gasteiger partial charge < -0.3 is 14.7 Å². The van der Waals surface area contributed by atoms with E-state index in [2.05, 4.69) is 38.8 Å². The van der Waals surface area contributed by atoms with Gasteiger partial charge in [-0.15, -0.1) is 0 Å². The number of halogens is 4. The zero-order valence-corrected chi connectivity index (χ0v) is 33.0. The fourth-order valence-corrected chi connectivity index (χ4v) is 7.47. The van der Waals surface area contributed by atoms with Crippen LogP contribution in [0.25, 0.3) is 34.3 Å². The lowest BCUT2D eigenvalue weighted by Crippen LogP contribution is -2.31. The maximum Gasteiger partial charge on any atom is 0.229 e. The molecule has 0 radical (unpaired) electrons. The molecule has 7 aromatic rings. The van der Waals surface area contributed by atoms with Crippen LogP contribution in [0.2, 0.25) is 15.1 Å². The van der Waals surface area contributed by atoms with E-state index in [0.29, 0.717) is 66.1 Å². The summed E-state index contributed by atoms with van der Waals surface area (Å²) in [5.74, 6) is 0.417. The number of nitrogens with one attached hydrogen (secondary N) is 1. The Kier molecular flexibility index (Phi) is 11.5. The van der Waals surface area contributed by atoms with Crippen molar-refractivity contribution in [3.05, 3.63) is 192 Å². The number of pyridine rings is 2. The number of nitrogens with zero attached hydrogens (tertiary/aromatic N) is 4. The Hall–Kier alpha value is -5.19. The van der Waals surface area contributed by atoms with E-state index in [1.165, 1.54) is 0 Å². The quantitative estimate of drug-likeness (QED) is 0.0712. The fraction of sp³-hybridized carbons (Fsp3) is 0.0465. The van der Waals surface area contributed by atoms with E-state index in [4.69, 9.17) is 44.7 Å². The number of rotatable bonds is 10. The molecule has 8 nitrogen and oxygen atoms in total. The van der Waals surface area contributed by atoms with E-state index in [1.807, 2.05) is 36.5 Å². The van der Waals surface area contributed by atoms with Gasteiger partial charge in [0.05, 0.1) is 27.9 Å². The summed E-state index contributed by atoms with van der Waals surface area (Å²) in [6.07, 6.45) is 6.03. The lowest BCUT2D eigenvalue weighted by Gasteiger charge is -2.18. The third-order valence-electron chi connectivity index (χ3n) is 8.90. The predicted octanol–water partition coefficient (Wildman–Crippen LogP) is 10.4. The molecule has 0 spiro atoms. The van der Waals surface area contributed by atoms with Gasteiger partial charge in [0.1, 0.15) is 22.9 Å². The summed E-state index contributed by atoms with van der Waals surface area (Å²) in [5, 5.41) is 47.8. The Morgan fingerprint density at radius 3 is 2.40 bits per heavy atom. The lowest BCUT2D eigenvalue weighted by molar-refractivity contribution is -0.596. The second-order valence-corrected chi connectivity index (χ2v) is 14.8. The van der Waals surface area contributed by atoms with E-state index < -0.39 is 12.2 Å². The Balaban J connectivity index is 1.31. The molecule has 4 aromatic carbocycles. The van der Waals surface area contributed by atoms with Crippen LogP contribution in [0.4, 0.5) is 0 Å². The standard InChI is InChI=1S/C43H28Cl3IN5O3/c44-30-14-15-31(35(46)21-30)39(49)33(41(53)28-5-3-17-50-23-28)19-26-11-16-34(45)37(20-26)52-18-4-6-29(24-52)42(54)38-40(27-12-9-25(22-48)10-13-27)51-55-43(38)32-7-1-2-8-36(32)47/h1-21,23-24,41-42,49,53-54H/q+1. The van der Waals surface area contributed by atoms with Gasteiger partial charge >= 0.3 is 0 Å². The van der Waals surface area contributed by atoms with Gasteiger partial charge in [-0.2, -0.15) is 9.83 Å². The van der Waals surface area contributed by atoms with Gasteiger partial charge in [-0.05, 0) is 88.8 Å². The molecule has 3 heterocycles. The molecule has 0 aliphatic rings. The van der Waals surface area contributed by atoms with Crippen LogP contribution < -0.4 is 4.57 Å². The van der Waals surface area contributed by atoms with Crippen molar-refractivity contribution in [1.29, 1.82) is 10.7 Å². The van der Waals surface area contributed by atoms with Gasteiger partial charge in [-0.1, -0.05) is 82.4 Å². The Labute approximate surface area is 345 Å². The van der Waals surface area contributed by atoms with Crippen molar-refractivity contribution in [3.8, 4) is 34.3 Å². The highest BCUT2D eigenvalue weighted by molar-refractivity contribution is 14.1. The van der Waals surface area contributed by atoms with E-state index in [-0.39, 0.29) is 16.3 Å². The predicted molar refractivity (Wildman–Crippen MR) is 222 cm³/mol. The van der Waals surface area contributed by atoms with Crippen molar-refractivity contribution in [2.75, 3.05) is 0 Å². The Bertz CT molecular complexity index is 2620. The topological polar surface area (TPSA) is 131 Å². The molecule has 0 bridgehead atoms. The average Bonchev–Trinajstić information content (AvgIpc) is 3.65. The number of aliphatic hydroxyl groups is 2. The first-order valence-electron chi connectivity index (χ1n) is 16.7. The molecule has 0 saturated heterocycles. The normalized spacial score (nSPS) is 12.6. The van der Waals surface area contributed by atoms with Gasteiger partial charge in [-0.25, -0.2) is 0 Å². The molecule has 2 unspecified atom stereocenters. The molecule has 0 aliphatic heterocycles. The van der Waals surface area contributed by atoms with Crippen LogP contribution in [-0.2, 0) is 0 Å². The third-order valence-corrected chi connectivity index (χ3v) is 10.7. The maximum atomic E-state index is 12.2. The van der Waals surface area contributed by atoms with Gasteiger partial charge in [0.15, 0.2) is 18.2 Å². The summed E-state index contributed by atoms with van der Waals surface area (Å²) >= 11 is 21.7. The largest absolute Gasteiger partial charge is 0.384 e. The van der Waals surface area contributed by atoms with Crippen LogP contribution in [0.3, 0.4) is 0 Å². The van der Waals surface area contributed by atoms with Crippen molar-refractivity contribution in [1.82, 2.24) is 10.1 Å². The number of aromatic nitrogens is 3. The van der Waals surface area contributed by atoms with Crippen molar-refractivity contribution >= 4 is 69.2 Å². The van der Waals surface area contributed by atoms with Crippen molar-refractivity contribution < 1.29 is 19.3 Å². The van der Waals surface area contributed by atoms with Crippen LogP contribution in [0, 0.1) is 20.3 Å². The van der Waals surface area contributed by atoms with Gasteiger partial charge in [-0.3, -0.25) is 10.4 Å². The molecule has 55 heavy (non-hydrogen) atoms. The minimum atomic E-state index is -1.21. The Morgan fingerprint density at radius 2 is 1.67 bits per heavy atom. The second-order valence-electron chi connectivity index (χ2n) is 12.4. The SMILES string of the molecule is N#Cc1ccc(-c2noc(-c3ccccc3I)c2C(O)c2ccc[n+](-c3cc(C=C(C(=N)c4ccc(Cl)cc4Cl)C(O)c4cccnc4)ccc3Cl)c2)cc1. The molecule has 2 atom stereocenters. The molecule has 0 aliphatic carbocycles. The number of nitriles is 1. The monoisotopic (exact) mass is 894 g/mol. The minimum Gasteiger partial charge on any atom is -0.384 e. The summed E-state index contributed by atoms with van der Waals surface area (Å²) in [6.45, 7) is 0. The highest BCUT2D eigenvalue weighted by Crippen LogP contribution is 2.40. The van der Waals surface area contributed by atoms with Crippen molar-refractivity contribution in [3.63, 3.8) is 0 Å². The summed E-state index contributed by atoms with van der Waals surface area (Å²) in [4.78, 5) is 4.15. The molecule has 12 heteroatoms.